The van der Waals surface area contributed by atoms with Gasteiger partial charge < -0.3 is 20.3 Å². The highest BCUT2D eigenvalue weighted by Gasteiger charge is 2.43. The van der Waals surface area contributed by atoms with E-state index in [4.69, 9.17) is 0 Å². The van der Waals surface area contributed by atoms with Crippen LogP contribution in [0.4, 0.5) is 8.78 Å². The molecule has 1 aliphatic carbocycles. The molecule has 4 fully saturated rings. The number of rotatable bonds is 10. The fraction of sp³-hybridized carbons (Fsp3) is 0.562. The predicted molar refractivity (Wildman–Crippen MR) is 153 cm³/mol. The van der Waals surface area contributed by atoms with Crippen molar-refractivity contribution in [1.29, 1.82) is 0 Å². The van der Waals surface area contributed by atoms with E-state index < -0.39 is 11.6 Å². The van der Waals surface area contributed by atoms with E-state index in [2.05, 4.69) is 46.7 Å². The van der Waals surface area contributed by atoms with Crippen molar-refractivity contribution in [3.63, 3.8) is 0 Å². The van der Waals surface area contributed by atoms with Crippen LogP contribution in [0, 0.1) is 24.5 Å². The summed E-state index contributed by atoms with van der Waals surface area (Å²) in [6, 6.07) is 12.2. The number of hydrogen-bond acceptors (Lipinski definition) is 4. The van der Waals surface area contributed by atoms with Crippen molar-refractivity contribution in [2.75, 3.05) is 32.7 Å². The molecule has 3 saturated heterocycles. The predicted octanol–water partition coefficient (Wildman–Crippen LogP) is 5.69. The third kappa shape index (κ3) is 10.8. The zero-order valence-electron chi connectivity index (χ0n) is 23.6. The standard InChI is InChI=1S/C18H26N2O2.C7H6F2.C7H13N/c1-2-15-6-3-7-16(14-15)18(9-10-18)20-12-5-11-19-17(22)8-4-13-21;1-5-2-6(8)4-7(9)3-5;1-4-8-5-2-7(1)3-6-8/h3,6-7,13-14,20H,2,4-5,8-12H2,1H3,(H,19,22);2-4H,1H3;7H,1-6H2. The van der Waals surface area contributed by atoms with Crippen molar-refractivity contribution >= 4 is 12.2 Å². The molecule has 2 bridgehead atoms. The van der Waals surface area contributed by atoms with Gasteiger partial charge in [-0.3, -0.25) is 4.79 Å². The second-order valence-corrected chi connectivity index (χ2v) is 11.0. The van der Waals surface area contributed by atoms with Gasteiger partial charge in [0.05, 0.1) is 0 Å². The van der Waals surface area contributed by atoms with Crippen LogP contribution in [-0.2, 0) is 21.5 Å². The summed E-state index contributed by atoms with van der Waals surface area (Å²) in [5.74, 6) is 0.0314. The Kier molecular flexibility index (Phi) is 12.5. The summed E-state index contributed by atoms with van der Waals surface area (Å²) < 4.78 is 24.4. The first-order valence-electron chi connectivity index (χ1n) is 14.5. The first kappa shape index (κ1) is 30.9. The minimum absolute atomic E-state index is 0.0381. The first-order valence-corrected chi connectivity index (χ1v) is 14.5. The molecule has 0 spiro atoms. The number of halogens is 2. The quantitative estimate of drug-likeness (QED) is 0.300. The zero-order chi connectivity index (χ0) is 28.1. The molecule has 0 radical (unpaired) electrons. The first-order chi connectivity index (χ1) is 18.8. The van der Waals surface area contributed by atoms with E-state index in [9.17, 15) is 18.4 Å². The molecule has 39 heavy (non-hydrogen) atoms. The van der Waals surface area contributed by atoms with Gasteiger partial charge in [0.2, 0.25) is 5.91 Å². The average molecular weight is 542 g/mol. The Morgan fingerprint density at radius 3 is 2.18 bits per heavy atom. The number of carbonyl (C=O) groups is 2. The Bertz CT molecular complexity index is 976. The largest absolute Gasteiger partial charge is 0.356 e. The van der Waals surface area contributed by atoms with E-state index in [0.717, 1.165) is 37.7 Å². The summed E-state index contributed by atoms with van der Waals surface area (Å²) >= 11 is 0. The number of amides is 1. The third-order valence-electron chi connectivity index (χ3n) is 7.83. The second-order valence-electron chi connectivity index (χ2n) is 11.0. The number of fused-ring (bicyclic) bond motifs is 3. The minimum Gasteiger partial charge on any atom is -0.356 e. The number of benzene rings is 2. The van der Waals surface area contributed by atoms with Gasteiger partial charge in [-0.15, -0.1) is 0 Å². The molecule has 3 aliphatic heterocycles. The van der Waals surface area contributed by atoms with Gasteiger partial charge in [-0.1, -0.05) is 31.2 Å². The molecular formula is C32H45F2N3O2. The Morgan fingerprint density at radius 2 is 1.69 bits per heavy atom. The number of hydrogen-bond donors (Lipinski definition) is 2. The van der Waals surface area contributed by atoms with Crippen LogP contribution in [0.2, 0.25) is 0 Å². The van der Waals surface area contributed by atoms with Crippen LogP contribution in [0.3, 0.4) is 0 Å². The maximum absolute atomic E-state index is 12.2. The summed E-state index contributed by atoms with van der Waals surface area (Å²) in [5, 5.41) is 6.49. The lowest BCUT2D eigenvalue weighted by atomic mass is 9.89. The van der Waals surface area contributed by atoms with Crippen LogP contribution in [0.5, 0.6) is 0 Å². The van der Waals surface area contributed by atoms with Crippen molar-refractivity contribution in [3.8, 4) is 0 Å². The van der Waals surface area contributed by atoms with E-state index >= 15 is 0 Å². The van der Waals surface area contributed by atoms with Crippen LogP contribution in [0.1, 0.15) is 75.0 Å². The van der Waals surface area contributed by atoms with Gasteiger partial charge in [-0.25, -0.2) is 8.78 Å². The lowest BCUT2D eigenvalue weighted by Gasteiger charge is -2.38. The summed E-state index contributed by atoms with van der Waals surface area (Å²) in [5.41, 5.74) is 3.54. The van der Waals surface area contributed by atoms with Crippen molar-refractivity contribution in [3.05, 3.63) is 70.8 Å². The lowest BCUT2D eigenvalue weighted by Crippen LogP contribution is -2.41. The molecular weight excluding hydrogens is 496 g/mol. The SMILES string of the molecule is C1CN2CCC1CC2.CCc1cccc(C2(NCCCNC(=O)CCC=O)CC2)c1.Cc1cc(F)cc(F)c1. The van der Waals surface area contributed by atoms with Crippen molar-refractivity contribution < 1.29 is 18.4 Å². The highest BCUT2D eigenvalue weighted by Crippen LogP contribution is 2.45. The number of aldehydes is 1. The van der Waals surface area contributed by atoms with Gasteiger partial charge in [-0.2, -0.15) is 0 Å². The zero-order valence-corrected chi connectivity index (χ0v) is 23.6. The van der Waals surface area contributed by atoms with Crippen molar-refractivity contribution in [2.24, 2.45) is 5.92 Å². The van der Waals surface area contributed by atoms with E-state index in [1.807, 2.05) is 0 Å². The Morgan fingerprint density at radius 1 is 1.03 bits per heavy atom. The summed E-state index contributed by atoms with van der Waals surface area (Å²) in [6.45, 7) is 9.56. The topological polar surface area (TPSA) is 61.4 Å². The Labute approximate surface area is 232 Å². The highest BCUT2D eigenvalue weighted by molar-refractivity contribution is 5.77. The molecule has 2 aromatic rings. The number of nitrogens with zero attached hydrogens (tertiary/aromatic N) is 1. The monoisotopic (exact) mass is 541 g/mol. The maximum Gasteiger partial charge on any atom is 0.220 e. The Balaban J connectivity index is 0.000000199. The fourth-order valence-corrected chi connectivity index (χ4v) is 5.26. The van der Waals surface area contributed by atoms with Gasteiger partial charge in [0.15, 0.2) is 0 Å². The van der Waals surface area contributed by atoms with Gasteiger partial charge in [0, 0.05) is 31.0 Å². The molecule has 3 heterocycles. The number of nitrogens with one attached hydrogen (secondary N) is 2. The van der Waals surface area contributed by atoms with Crippen LogP contribution in [0.15, 0.2) is 42.5 Å². The van der Waals surface area contributed by atoms with Crippen molar-refractivity contribution in [2.45, 2.75) is 77.2 Å². The molecule has 0 aromatic heterocycles. The third-order valence-corrected chi connectivity index (χ3v) is 7.83. The fourth-order valence-electron chi connectivity index (χ4n) is 5.26. The van der Waals surface area contributed by atoms with Crippen molar-refractivity contribution in [1.82, 2.24) is 15.5 Å². The molecule has 1 amide bonds. The lowest BCUT2D eigenvalue weighted by molar-refractivity contribution is -0.122. The molecule has 2 aromatic carbocycles. The number of aryl methyl sites for hydroxylation is 2. The smallest absolute Gasteiger partial charge is 0.220 e. The van der Waals surface area contributed by atoms with E-state index in [1.54, 1.807) is 6.92 Å². The van der Waals surface area contributed by atoms with Gasteiger partial charge in [-0.05, 0) is 113 Å². The molecule has 214 valence electrons. The van der Waals surface area contributed by atoms with E-state index in [0.29, 0.717) is 24.9 Å². The molecule has 0 atom stereocenters. The summed E-state index contributed by atoms with van der Waals surface area (Å²) in [6.07, 6.45) is 10.2. The van der Waals surface area contributed by atoms with Gasteiger partial charge in [0.1, 0.15) is 17.9 Å². The van der Waals surface area contributed by atoms with Crippen LogP contribution >= 0.6 is 0 Å². The van der Waals surface area contributed by atoms with E-state index in [-0.39, 0.29) is 11.4 Å². The summed E-state index contributed by atoms with van der Waals surface area (Å²) in [4.78, 5) is 24.2. The van der Waals surface area contributed by atoms with Crippen LogP contribution < -0.4 is 10.6 Å². The molecule has 2 N–H and O–H groups in total. The van der Waals surface area contributed by atoms with Crippen LogP contribution in [-0.4, -0.2) is 49.8 Å². The molecule has 7 heteroatoms. The minimum atomic E-state index is -0.521. The number of piperidine rings is 3. The average Bonchev–Trinajstić information content (AvgIpc) is 3.74. The molecule has 4 aliphatic rings. The highest BCUT2D eigenvalue weighted by atomic mass is 19.1. The van der Waals surface area contributed by atoms with E-state index in [1.165, 1.54) is 75.0 Å². The number of carbonyl (C=O) groups excluding carboxylic acids is 2. The second kappa shape index (κ2) is 15.8. The molecule has 5 nitrogen and oxygen atoms in total. The Hall–Kier alpha value is -2.64. The molecule has 0 unspecified atom stereocenters. The van der Waals surface area contributed by atoms with Gasteiger partial charge >= 0.3 is 0 Å². The normalized spacial score (nSPS) is 20.1. The summed E-state index contributed by atoms with van der Waals surface area (Å²) in [7, 11) is 0. The maximum atomic E-state index is 12.2. The molecule has 1 saturated carbocycles. The molecule has 6 rings (SSSR count). The van der Waals surface area contributed by atoms with Crippen LogP contribution in [0.25, 0.3) is 0 Å². The van der Waals surface area contributed by atoms with Gasteiger partial charge in [0.25, 0.3) is 0 Å².